The summed E-state index contributed by atoms with van der Waals surface area (Å²) in [5.41, 5.74) is 9.49. The van der Waals surface area contributed by atoms with Crippen molar-refractivity contribution in [2.24, 2.45) is 0 Å². The van der Waals surface area contributed by atoms with Crippen LogP contribution < -0.4 is 11.1 Å². The number of hydrogen-bond acceptors (Lipinski definition) is 5. The Labute approximate surface area is 161 Å². The molecule has 0 atom stereocenters. The predicted molar refractivity (Wildman–Crippen MR) is 107 cm³/mol. The van der Waals surface area contributed by atoms with Crippen LogP contribution in [0.4, 0.5) is 21.7 Å². The highest BCUT2D eigenvalue weighted by Gasteiger charge is 2.31. The van der Waals surface area contributed by atoms with E-state index in [1.807, 2.05) is 60.0 Å². The molecule has 0 unspecified atom stereocenters. The normalized spacial score (nSPS) is 13.8. The zero-order valence-electron chi connectivity index (χ0n) is 15.4. The van der Waals surface area contributed by atoms with Crippen molar-refractivity contribution in [3.8, 4) is 5.95 Å². The highest BCUT2D eigenvalue weighted by Crippen LogP contribution is 2.41. The number of para-hydroxylation sites is 2. The third kappa shape index (κ3) is 2.85. The number of nitrogens with two attached hydrogens (primary N) is 1. The minimum Gasteiger partial charge on any atom is -0.381 e. The van der Waals surface area contributed by atoms with E-state index in [1.165, 1.54) is 0 Å². The summed E-state index contributed by atoms with van der Waals surface area (Å²) < 4.78 is 16.5. The molecule has 0 saturated heterocycles. The van der Waals surface area contributed by atoms with Gasteiger partial charge in [-0.15, -0.1) is 0 Å². The van der Waals surface area contributed by atoms with Crippen LogP contribution in [0.15, 0.2) is 48.5 Å². The van der Waals surface area contributed by atoms with Crippen LogP contribution in [0.5, 0.6) is 0 Å². The number of aromatic nitrogens is 4. The number of hydrogen-bond donors (Lipinski definition) is 2. The fraction of sp³-hybridized carbons (Fsp3) is 0.190. The highest BCUT2D eigenvalue weighted by molar-refractivity contribution is 5.78. The van der Waals surface area contributed by atoms with Gasteiger partial charge in [0, 0.05) is 11.6 Å². The van der Waals surface area contributed by atoms with Gasteiger partial charge in [0.25, 0.3) is 0 Å². The Morgan fingerprint density at radius 1 is 1.04 bits per heavy atom. The van der Waals surface area contributed by atoms with Gasteiger partial charge < -0.3 is 11.1 Å². The molecule has 1 fully saturated rings. The van der Waals surface area contributed by atoms with Crippen molar-refractivity contribution in [2.45, 2.75) is 25.7 Å². The Morgan fingerprint density at radius 3 is 2.54 bits per heavy atom. The molecule has 2 aromatic carbocycles. The molecule has 0 spiro atoms. The van der Waals surface area contributed by atoms with E-state index in [1.54, 1.807) is 0 Å². The van der Waals surface area contributed by atoms with Crippen LogP contribution >= 0.6 is 0 Å². The van der Waals surface area contributed by atoms with Gasteiger partial charge in [0.05, 0.1) is 11.0 Å². The molecule has 2 heterocycles. The van der Waals surface area contributed by atoms with Crippen LogP contribution in [0.1, 0.15) is 30.1 Å². The number of fused-ring (bicyclic) bond motifs is 1. The van der Waals surface area contributed by atoms with Crippen molar-refractivity contribution < 1.29 is 4.39 Å². The topological polar surface area (TPSA) is 81.7 Å². The van der Waals surface area contributed by atoms with Gasteiger partial charge in [-0.05, 0) is 44.0 Å². The summed E-state index contributed by atoms with van der Waals surface area (Å²) in [5, 5.41) is 3.02. The van der Waals surface area contributed by atoms with E-state index in [-0.39, 0.29) is 11.6 Å². The van der Waals surface area contributed by atoms with E-state index in [0.717, 1.165) is 41.0 Å². The molecule has 1 aliphatic rings. The number of rotatable bonds is 4. The summed E-state index contributed by atoms with van der Waals surface area (Å²) in [6.07, 6.45) is 2.16. The minimum atomic E-state index is -0.665. The fourth-order valence-electron chi connectivity index (χ4n) is 3.28. The van der Waals surface area contributed by atoms with Gasteiger partial charge in [-0.3, -0.25) is 4.57 Å². The summed E-state index contributed by atoms with van der Waals surface area (Å²) in [6, 6.07) is 15.4. The molecule has 1 aliphatic carbocycles. The Balaban J connectivity index is 1.65. The molecule has 5 rings (SSSR count). The van der Waals surface area contributed by atoms with Crippen molar-refractivity contribution in [1.29, 1.82) is 0 Å². The minimum absolute atomic E-state index is 0.0471. The van der Waals surface area contributed by atoms with Crippen LogP contribution in [0, 0.1) is 12.7 Å². The molecule has 3 N–H and O–H groups in total. The number of anilines is 3. The zero-order valence-corrected chi connectivity index (χ0v) is 15.4. The average Bonchev–Trinajstić information content (AvgIpc) is 3.47. The van der Waals surface area contributed by atoms with Crippen molar-refractivity contribution in [3.05, 3.63) is 65.7 Å². The van der Waals surface area contributed by atoms with Gasteiger partial charge >= 0.3 is 0 Å². The van der Waals surface area contributed by atoms with Gasteiger partial charge in [0.1, 0.15) is 5.82 Å². The second-order valence-corrected chi connectivity index (χ2v) is 7.13. The Kier molecular flexibility index (Phi) is 3.75. The molecule has 0 bridgehead atoms. The first kappa shape index (κ1) is 16.7. The van der Waals surface area contributed by atoms with Crippen LogP contribution in [0.25, 0.3) is 17.0 Å². The highest BCUT2D eigenvalue weighted by atomic mass is 19.1. The van der Waals surface area contributed by atoms with E-state index >= 15 is 0 Å². The lowest BCUT2D eigenvalue weighted by Gasteiger charge is -2.12. The molecule has 0 amide bonds. The predicted octanol–water partition coefficient (Wildman–Crippen LogP) is 4.47. The molecular formula is C21H19FN6. The van der Waals surface area contributed by atoms with Crippen LogP contribution in [-0.2, 0) is 0 Å². The third-order valence-corrected chi connectivity index (χ3v) is 4.91. The molecule has 28 heavy (non-hydrogen) atoms. The largest absolute Gasteiger partial charge is 0.381 e. The van der Waals surface area contributed by atoms with E-state index in [0.29, 0.717) is 11.9 Å². The second kappa shape index (κ2) is 6.30. The van der Waals surface area contributed by atoms with Crippen molar-refractivity contribution in [3.63, 3.8) is 0 Å². The maximum absolute atomic E-state index is 14.6. The quantitative estimate of drug-likeness (QED) is 0.551. The van der Waals surface area contributed by atoms with Gasteiger partial charge in [-0.2, -0.15) is 14.4 Å². The van der Waals surface area contributed by atoms with E-state index in [4.69, 9.17) is 10.7 Å². The molecule has 7 heteroatoms. The Bertz CT molecular complexity index is 1180. The summed E-state index contributed by atoms with van der Waals surface area (Å²) in [7, 11) is 0. The number of aryl methyl sites for hydroxylation is 1. The van der Waals surface area contributed by atoms with E-state index in [2.05, 4.69) is 15.3 Å². The van der Waals surface area contributed by atoms with Gasteiger partial charge in [-0.1, -0.05) is 29.8 Å². The molecule has 0 radical (unpaired) electrons. The van der Waals surface area contributed by atoms with Gasteiger partial charge in [0.15, 0.2) is 11.6 Å². The van der Waals surface area contributed by atoms with Crippen LogP contribution in [0.2, 0.25) is 0 Å². The van der Waals surface area contributed by atoms with E-state index in [9.17, 15) is 4.39 Å². The molecular weight excluding hydrogens is 355 g/mol. The van der Waals surface area contributed by atoms with Crippen molar-refractivity contribution in [2.75, 3.05) is 11.1 Å². The first-order valence-electron chi connectivity index (χ1n) is 9.24. The summed E-state index contributed by atoms with van der Waals surface area (Å²) in [5.74, 6) is 0.778. The number of nitrogens with one attached hydrogen (secondary N) is 1. The fourth-order valence-corrected chi connectivity index (χ4v) is 3.28. The number of nitrogens with zero attached hydrogens (tertiary/aromatic N) is 4. The Hall–Kier alpha value is -3.48. The smallest absolute Gasteiger partial charge is 0.239 e. The van der Waals surface area contributed by atoms with E-state index < -0.39 is 5.82 Å². The number of imidazole rings is 1. The van der Waals surface area contributed by atoms with Crippen LogP contribution in [-0.4, -0.2) is 19.5 Å². The zero-order chi connectivity index (χ0) is 19.3. The summed E-state index contributed by atoms with van der Waals surface area (Å²) in [6.45, 7) is 1.99. The number of halogens is 1. The standard InChI is InChI=1S/C21H19FN6/c1-12-6-10-14(11-7-12)24-19-17(22)18(23)26-21(27-19)28-16-5-3-2-4-15(16)25-20(28)13-8-9-13/h2-7,10-11,13H,8-9H2,1H3,(H3,23,24,26,27). The number of benzene rings is 2. The molecule has 6 nitrogen and oxygen atoms in total. The maximum atomic E-state index is 14.6. The molecule has 4 aromatic rings. The van der Waals surface area contributed by atoms with Gasteiger partial charge in [-0.25, -0.2) is 4.98 Å². The summed E-state index contributed by atoms with van der Waals surface area (Å²) in [4.78, 5) is 13.4. The SMILES string of the molecule is Cc1ccc(Nc2nc(-n3c(C4CC4)nc4ccccc43)nc(N)c2F)cc1. The summed E-state index contributed by atoms with van der Waals surface area (Å²) >= 11 is 0. The molecule has 1 saturated carbocycles. The van der Waals surface area contributed by atoms with Crippen molar-refractivity contribution >= 4 is 28.4 Å². The Morgan fingerprint density at radius 2 is 1.79 bits per heavy atom. The maximum Gasteiger partial charge on any atom is 0.239 e. The second-order valence-electron chi connectivity index (χ2n) is 7.13. The lowest BCUT2D eigenvalue weighted by Crippen LogP contribution is -2.11. The molecule has 2 aromatic heterocycles. The monoisotopic (exact) mass is 374 g/mol. The first-order chi connectivity index (χ1) is 13.6. The van der Waals surface area contributed by atoms with Gasteiger partial charge in [0.2, 0.25) is 11.8 Å². The first-order valence-corrected chi connectivity index (χ1v) is 9.24. The average molecular weight is 374 g/mol. The lowest BCUT2D eigenvalue weighted by atomic mass is 10.2. The molecule has 0 aliphatic heterocycles. The van der Waals surface area contributed by atoms with Crippen molar-refractivity contribution in [1.82, 2.24) is 19.5 Å². The lowest BCUT2D eigenvalue weighted by molar-refractivity contribution is 0.622. The number of nitrogen functional groups attached to an aromatic ring is 1. The van der Waals surface area contributed by atoms with Crippen LogP contribution in [0.3, 0.4) is 0 Å². The molecule has 140 valence electrons. The third-order valence-electron chi connectivity index (χ3n) is 4.91.